The van der Waals surface area contributed by atoms with E-state index in [9.17, 15) is 4.79 Å². The van der Waals surface area contributed by atoms with Crippen LogP contribution < -0.4 is 0 Å². The SMILES string of the molecule is CC(C)c1nc(CC(=O)O)c(Br)s1. The fourth-order valence-electron chi connectivity index (χ4n) is 0.850. The average Bonchev–Trinajstić information content (AvgIpc) is 2.31. The van der Waals surface area contributed by atoms with Crippen molar-refractivity contribution in [3.8, 4) is 0 Å². The van der Waals surface area contributed by atoms with Gasteiger partial charge in [0, 0.05) is 5.92 Å². The first-order chi connectivity index (χ1) is 6.00. The van der Waals surface area contributed by atoms with E-state index in [4.69, 9.17) is 5.11 Å². The number of hydrogen-bond donors (Lipinski definition) is 1. The predicted octanol–water partition coefficient (Wildman–Crippen LogP) is 2.66. The van der Waals surface area contributed by atoms with Crippen LogP contribution in [0, 0.1) is 0 Å². The third kappa shape index (κ3) is 2.77. The minimum atomic E-state index is -0.846. The number of carboxylic acid groups (broad SMARTS) is 1. The highest BCUT2D eigenvalue weighted by Crippen LogP contribution is 2.29. The molecule has 0 amide bonds. The number of carbonyl (C=O) groups is 1. The van der Waals surface area contributed by atoms with E-state index in [0.29, 0.717) is 11.6 Å². The van der Waals surface area contributed by atoms with Crippen molar-refractivity contribution >= 4 is 33.2 Å². The summed E-state index contributed by atoms with van der Waals surface area (Å²) in [4.78, 5) is 14.7. The maximum absolute atomic E-state index is 10.4. The first kappa shape index (κ1) is 10.7. The Hall–Kier alpha value is -0.420. The summed E-state index contributed by atoms with van der Waals surface area (Å²) in [5, 5.41) is 9.56. The van der Waals surface area contributed by atoms with Crippen molar-refractivity contribution in [1.29, 1.82) is 0 Å². The Kier molecular flexibility index (Phi) is 3.44. The minimum absolute atomic E-state index is 0.0101. The largest absolute Gasteiger partial charge is 0.481 e. The molecular formula is C8H10BrNO2S. The van der Waals surface area contributed by atoms with Gasteiger partial charge in [0.1, 0.15) is 0 Å². The highest BCUT2D eigenvalue weighted by atomic mass is 79.9. The van der Waals surface area contributed by atoms with Crippen molar-refractivity contribution in [3.63, 3.8) is 0 Å². The van der Waals surface area contributed by atoms with Crippen LogP contribution in [0.3, 0.4) is 0 Å². The van der Waals surface area contributed by atoms with E-state index < -0.39 is 5.97 Å². The highest BCUT2D eigenvalue weighted by Gasteiger charge is 2.13. The number of carboxylic acids is 1. The summed E-state index contributed by atoms with van der Waals surface area (Å²) >= 11 is 4.81. The van der Waals surface area contributed by atoms with Crippen LogP contribution in [-0.2, 0) is 11.2 Å². The molecule has 0 fully saturated rings. The van der Waals surface area contributed by atoms with Crippen molar-refractivity contribution in [1.82, 2.24) is 4.98 Å². The molecule has 0 unspecified atom stereocenters. The highest BCUT2D eigenvalue weighted by molar-refractivity contribution is 9.11. The number of halogens is 1. The molecule has 1 rings (SSSR count). The van der Waals surface area contributed by atoms with Crippen LogP contribution in [0.25, 0.3) is 0 Å². The third-order valence-electron chi connectivity index (χ3n) is 1.48. The molecule has 0 atom stereocenters. The van der Waals surface area contributed by atoms with Crippen LogP contribution in [0.1, 0.15) is 30.5 Å². The molecule has 1 N–H and O–H groups in total. The molecule has 1 aromatic rings. The Morgan fingerprint density at radius 1 is 1.69 bits per heavy atom. The number of nitrogens with zero attached hydrogens (tertiary/aromatic N) is 1. The zero-order chi connectivity index (χ0) is 10.0. The summed E-state index contributed by atoms with van der Waals surface area (Å²) in [6, 6.07) is 0. The van der Waals surface area contributed by atoms with E-state index in [0.717, 1.165) is 8.79 Å². The van der Waals surface area contributed by atoms with Crippen LogP contribution in [0.15, 0.2) is 3.79 Å². The van der Waals surface area contributed by atoms with Gasteiger partial charge in [0.25, 0.3) is 0 Å². The molecule has 5 heteroatoms. The normalized spacial score (nSPS) is 10.8. The summed E-state index contributed by atoms with van der Waals surface area (Å²) in [5.41, 5.74) is 0.626. The number of rotatable bonds is 3. The molecule has 0 aliphatic carbocycles. The van der Waals surface area contributed by atoms with Gasteiger partial charge in [0.05, 0.1) is 20.9 Å². The Morgan fingerprint density at radius 2 is 2.31 bits per heavy atom. The summed E-state index contributed by atoms with van der Waals surface area (Å²) in [5.74, 6) is -0.495. The Labute approximate surface area is 88.9 Å². The second kappa shape index (κ2) is 4.19. The lowest BCUT2D eigenvalue weighted by Crippen LogP contribution is -2.01. The second-order valence-corrected chi connectivity index (χ2v) is 5.35. The molecule has 1 heterocycles. The molecule has 0 saturated carbocycles. The number of thiazole rings is 1. The lowest BCUT2D eigenvalue weighted by Gasteiger charge is -1.95. The molecule has 13 heavy (non-hydrogen) atoms. The third-order valence-corrected chi connectivity index (χ3v) is 3.61. The topological polar surface area (TPSA) is 50.2 Å². The van der Waals surface area contributed by atoms with Gasteiger partial charge in [-0.05, 0) is 15.9 Å². The van der Waals surface area contributed by atoms with Gasteiger partial charge in [-0.15, -0.1) is 11.3 Å². The van der Waals surface area contributed by atoms with Gasteiger partial charge >= 0.3 is 5.97 Å². The van der Waals surface area contributed by atoms with Crippen LogP contribution >= 0.6 is 27.3 Å². The Balaban J connectivity index is 2.89. The van der Waals surface area contributed by atoms with Crippen LogP contribution in [0.2, 0.25) is 0 Å². The number of hydrogen-bond acceptors (Lipinski definition) is 3. The first-order valence-corrected chi connectivity index (χ1v) is 5.48. The lowest BCUT2D eigenvalue weighted by molar-refractivity contribution is -0.136. The van der Waals surface area contributed by atoms with Crippen molar-refractivity contribution in [2.24, 2.45) is 0 Å². The molecule has 72 valence electrons. The van der Waals surface area contributed by atoms with Gasteiger partial charge in [-0.3, -0.25) is 4.79 Å². The van der Waals surface area contributed by atoms with E-state index in [-0.39, 0.29) is 6.42 Å². The standard InChI is InChI=1S/C8H10BrNO2S/c1-4(2)8-10-5(3-6(11)12)7(9)13-8/h4H,3H2,1-2H3,(H,11,12). The van der Waals surface area contributed by atoms with Crippen molar-refractivity contribution < 1.29 is 9.90 Å². The van der Waals surface area contributed by atoms with Crippen molar-refractivity contribution in [3.05, 3.63) is 14.5 Å². The molecule has 1 aromatic heterocycles. The Morgan fingerprint density at radius 3 is 2.69 bits per heavy atom. The summed E-state index contributed by atoms with van der Waals surface area (Å²) in [6.45, 7) is 4.08. The molecule has 0 aromatic carbocycles. The van der Waals surface area contributed by atoms with E-state index in [1.54, 1.807) is 0 Å². The molecule has 0 spiro atoms. The van der Waals surface area contributed by atoms with Crippen LogP contribution in [-0.4, -0.2) is 16.1 Å². The summed E-state index contributed by atoms with van der Waals surface area (Å²) < 4.78 is 0.832. The predicted molar refractivity (Wildman–Crippen MR) is 55.2 cm³/mol. The van der Waals surface area contributed by atoms with E-state index in [1.807, 2.05) is 13.8 Å². The van der Waals surface area contributed by atoms with Crippen LogP contribution in [0.4, 0.5) is 0 Å². The quantitative estimate of drug-likeness (QED) is 0.913. The zero-order valence-corrected chi connectivity index (χ0v) is 9.78. The van der Waals surface area contributed by atoms with Crippen molar-refractivity contribution in [2.45, 2.75) is 26.2 Å². The van der Waals surface area contributed by atoms with E-state index in [2.05, 4.69) is 20.9 Å². The van der Waals surface area contributed by atoms with Gasteiger partial charge < -0.3 is 5.11 Å². The molecule has 0 aliphatic heterocycles. The fourth-order valence-corrected chi connectivity index (χ4v) is 2.39. The maximum Gasteiger partial charge on any atom is 0.309 e. The first-order valence-electron chi connectivity index (χ1n) is 3.87. The number of aliphatic carboxylic acids is 1. The van der Waals surface area contributed by atoms with Gasteiger partial charge in [0.15, 0.2) is 0 Å². The molecule has 0 radical (unpaired) electrons. The van der Waals surface area contributed by atoms with Gasteiger partial charge in [-0.1, -0.05) is 13.8 Å². The molecule has 3 nitrogen and oxygen atoms in total. The van der Waals surface area contributed by atoms with E-state index in [1.165, 1.54) is 11.3 Å². The molecular weight excluding hydrogens is 254 g/mol. The van der Waals surface area contributed by atoms with Gasteiger partial charge in [0.2, 0.25) is 0 Å². The summed E-state index contributed by atoms with van der Waals surface area (Å²) in [6.07, 6.45) is -0.0101. The van der Waals surface area contributed by atoms with Crippen molar-refractivity contribution in [2.75, 3.05) is 0 Å². The Bertz CT molecular complexity index is 322. The maximum atomic E-state index is 10.4. The molecule has 0 aliphatic rings. The van der Waals surface area contributed by atoms with Gasteiger partial charge in [-0.25, -0.2) is 4.98 Å². The number of aromatic nitrogens is 1. The fraction of sp³-hybridized carbons (Fsp3) is 0.500. The summed E-state index contributed by atoms with van der Waals surface area (Å²) in [7, 11) is 0. The second-order valence-electron chi connectivity index (χ2n) is 3.00. The smallest absolute Gasteiger partial charge is 0.309 e. The van der Waals surface area contributed by atoms with E-state index >= 15 is 0 Å². The minimum Gasteiger partial charge on any atom is -0.481 e. The molecule has 0 saturated heterocycles. The monoisotopic (exact) mass is 263 g/mol. The zero-order valence-electron chi connectivity index (χ0n) is 7.37. The average molecular weight is 264 g/mol. The lowest BCUT2D eigenvalue weighted by atomic mass is 10.2. The van der Waals surface area contributed by atoms with Gasteiger partial charge in [-0.2, -0.15) is 0 Å². The van der Waals surface area contributed by atoms with Crippen LogP contribution in [0.5, 0.6) is 0 Å². The molecule has 0 bridgehead atoms.